The molecule has 0 aliphatic heterocycles. The molecule has 1 heterocycles. The number of imidazole rings is 1. The van der Waals surface area contributed by atoms with Crippen LogP contribution in [0, 0.1) is 0 Å². The smallest absolute Gasteiger partial charge is 0.303 e. The zero-order valence-electron chi connectivity index (χ0n) is 11.6. The summed E-state index contributed by atoms with van der Waals surface area (Å²) in [5, 5.41) is 12.7. The number of nitrogens with zero attached hydrogens (tertiary/aromatic N) is 3. The number of carboxylic acids is 1. The molecule has 110 valence electrons. The fraction of sp³-hybridized carbons (Fsp3) is 0.267. The average molecular weight is 287 g/mol. The number of aliphatic carboxylic acids is 1. The van der Waals surface area contributed by atoms with Crippen LogP contribution in [0.3, 0.4) is 0 Å². The molecule has 2 aromatic rings. The van der Waals surface area contributed by atoms with Gasteiger partial charge in [0.15, 0.2) is 0 Å². The quantitative estimate of drug-likeness (QED) is 0.458. The van der Waals surface area contributed by atoms with Crippen molar-refractivity contribution in [1.82, 2.24) is 9.55 Å². The van der Waals surface area contributed by atoms with Crippen molar-refractivity contribution in [2.75, 3.05) is 6.61 Å². The van der Waals surface area contributed by atoms with E-state index in [9.17, 15) is 4.79 Å². The van der Waals surface area contributed by atoms with E-state index in [2.05, 4.69) is 10.1 Å². The predicted octanol–water partition coefficient (Wildman–Crippen LogP) is 2.17. The van der Waals surface area contributed by atoms with Gasteiger partial charge in [-0.3, -0.25) is 4.79 Å². The Morgan fingerprint density at radius 1 is 1.33 bits per heavy atom. The van der Waals surface area contributed by atoms with Crippen molar-refractivity contribution in [2.45, 2.75) is 19.4 Å². The van der Waals surface area contributed by atoms with Crippen molar-refractivity contribution < 1.29 is 14.7 Å². The summed E-state index contributed by atoms with van der Waals surface area (Å²) in [6.07, 6.45) is 5.78. The highest BCUT2D eigenvalue weighted by Gasteiger charge is 2.05. The Kier molecular flexibility index (Phi) is 5.51. The number of carbonyl (C=O) groups is 1. The van der Waals surface area contributed by atoms with Gasteiger partial charge in [0.2, 0.25) is 0 Å². The Labute approximate surface area is 122 Å². The first-order valence-corrected chi connectivity index (χ1v) is 6.67. The van der Waals surface area contributed by atoms with Gasteiger partial charge in [0, 0.05) is 24.4 Å². The molecule has 1 aromatic heterocycles. The Morgan fingerprint density at radius 3 is 2.81 bits per heavy atom. The van der Waals surface area contributed by atoms with E-state index in [1.165, 1.54) is 0 Å². The summed E-state index contributed by atoms with van der Waals surface area (Å²) in [6.45, 7) is 0.829. The second-order valence-electron chi connectivity index (χ2n) is 4.47. The molecule has 6 nitrogen and oxygen atoms in total. The molecule has 0 saturated carbocycles. The second kappa shape index (κ2) is 7.84. The minimum atomic E-state index is -0.829. The number of aromatic nitrogens is 2. The Balaban J connectivity index is 2.00. The van der Waals surface area contributed by atoms with Gasteiger partial charge in [0.1, 0.15) is 12.3 Å². The maximum absolute atomic E-state index is 10.4. The van der Waals surface area contributed by atoms with Crippen LogP contribution in [0.15, 0.2) is 54.2 Å². The van der Waals surface area contributed by atoms with Crippen molar-refractivity contribution >= 4 is 11.7 Å². The SMILES string of the molecule is O=C(O)CCCO/N=C(/Cn1ccnc1)c1ccccc1. The van der Waals surface area contributed by atoms with E-state index in [1.807, 2.05) is 41.1 Å². The van der Waals surface area contributed by atoms with Gasteiger partial charge in [0.25, 0.3) is 0 Å². The minimum absolute atomic E-state index is 0.0811. The molecule has 0 atom stereocenters. The van der Waals surface area contributed by atoms with Gasteiger partial charge in [-0.15, -0.1) is 0 Å². The highest BCUT2D eigenvalue weighted by atomic mass is 16.6. The number of hydrogen-bond acceptors (Lipinski definition) is 4. The summed E-state index contributed by atoms with van der Waals surface area (Å²) < 4.78 is 1.90. The molecule has 6 heteroatoms. The summed E-state index contributed by atoms with van der Waals surface area (Å²) >= 11 is 0. The number of benzene rings is 1. The molecule has 0 radical (unpaired) electrons. The van der Waals surface area contributed by atoms with Crippen molar-refractivity contribution in [3.8, 4) is 0 Å². The molecule has 0 aliphatic rings. The van der Waals surface area contributed by atoms with Gasteiger partial charge < -0.3 is 14.5 Å². The number of carboxylic acid groups (broad SMARTS) is 1. The van der Waals surface area contributed by atoms with Crippen LogP contribution in [0.25, 0.3) is 0 Å². The third kappa shape index (κ3) is 5.10. The van der Waals surface area contributed by atoms with E-state index in [-0.39, 0.29) is 13.0 Å². The second-order valence-corrected chi connectivity index (χ2v) is 4.47. The molecular formula is C15H17N3O3. The minimum Gasteiger partial charge on any atom is -0.481 e. The van der Waals surface area contributed by atoms with Crippen LogP contribution in [-0.4, -0.2) is 32.9 Å². The Hall–Kier alpha value is -2.63. The van der Waals surface area contributed by atoms with E-state index in [1.54, 1.807) is 12.5 Å². The molecular weight excluding hydrogens is 270 g/mol. The summed E-state index contributed by atoms with van der Waals surface area (Å²) in [6, 6.07) is 9.71. The molecule has 0 bridgehead atoms. The van der Waals surface area contributed by atoms with Crippen molar-refractivity contribution in [1.29, 1.82) is 0 Å². The molecule has 21 heavy (non-hydrogen) atoms. The summed E-state index contributed by atoms with van der Waals surface area (Å²) in [5.41, 5.74) is 1.73. The maximum Gasteiger partial charge on any atom is 0.303 e. The third-order valence-corrected chi connectivity index (χ3v) is 2.80. The number of oxime groups is 1. The van der Waals surface area contributed by atoms with Crippen molar-refractivity contribution in [3.05, 3.63) is 54.6 Å². The largest absolute Gasteiger partial charge is 0.481 e. The van der Waals surface area contributed by atoms with Crippen LogP contribution >= 0.6 is 0 Å². The Bertz CT molecular complexity index is 579. The number of rotatable bonds is 8. The first-order valence-electron chi connectivity index (χ1n) is 6.67. The van der Waals surface area contributed by atoms with Crippen LogP contribution in [0.4, 0.5) is 0 Å². The summed E-state index contributed by atoms with van der Waals surface area (Å²) in [5.74, 6) is -0.829. The highest BCUT2D eigenvalue weighted by molar-refractivity contribution is 6.00. The van der Waals surface area contributed by atoms with E-state index < -0.39 is 5.97 Å². The molecule has 2 rings (SSSR count). The fourth-order valence-electron chi connectivity index (χ4n) is 1.77. The molecule has 1 N–H and O–H groups in total. The van der Waals surface area contributed by atoms with Gasteiger partial charge in [0.05, 0.1) is 12.9 Å². The van der Waals surface area contributed by atoms with Crippen LogP contribution in [0.2, 0.25) is 0 Å². The van der Waals surface area contributed by atoms with Gasteiger partial charge in [-0.25, -0.2) is 4.98 Å². The van der Waals surface area contributed by atoms with Crippen LogP contribution in [0.1, 0.15) is 18.4 Å². The lowest BCUT2D eigenvalue weighted by molar-refractivity contribution is -0.137. The zero-order chi connectivity index (χ0) is 14.9. The predicted molar refractivity (Wildman–Crippen MR) is 78.0 cm³/mol. The van der Waals surface area contributed by atoms with Gasteiger partial charge in [-0.1, -0.05) is 35.5 Å². The average Bonchev–Trinajstić information content (AvgIpc) is 2.99. The number of hydrogen-bond donors (Lipinski definition) is 1. The molecule has 0 unspecified atom stereocenters. The Morgan fingerprint density at radius 2 is 2.14 bits per heavy atom. The maximum atomic E-state index is 10.4. The van der Waals surface area contributed by atoms with E-state index in [4.69, 9.17) is 9.94 Å². The van der Waals surface area contributed by atoms with E-state index >= 15 is 0 Å². The molecule has 0 saturated heterocycles. The lowest BCUT2D eigenvalue weighted by atomic mass is 10.1. The third-order valence-electron chi connectivity index (χ3n) is 2.80. The topological polar surface area (TPSA) is 76.7 Å². The van der Waals surface area contributed by atoms with Crippen LogP contribution in [-0.2, 0) is 16.2 Å². The molecule has 1 aromatic carbocycles. The monoisotopic (exact) mass is 287 g/mol. The lowest BCUT2D eigenvalue weighted by Gasteiger charge is -2.07. The molecule has 0 fully saturated rings. The lowest BCUT2D eigenvalue weighted by Crippen LogP contribution is -2.11. The fourth-order valence-corrected chi connectivity index (χ4v) is 1.77. The van der Waals surface area contributed by atoms with Crippen LogP contribution in [0.5, 0.6) is 0 Å². The molecule has 0 aliphatic carbocycles. The van der Waals surface area contributed by atoms with E-state index in [0.29, 0.717) is 13.0 Å². The van der Waals surface area contributed by atoms with Crippen LogP contribution < -0.4 is 0 Å². The van der Waals surface area contributed by atoms with Crippen molar-refractivity contribution in [3.63, 3.8) is 0 Å². The first kappa shape index (κ1) is 14.8. The first-order chi connectivity index (χ1) is 10.3. The van der Waals surface area contributed by atoms with Gasteiger partial charge in [-0.2, -0.15) is 0 Å². The molecule has 0 amide bonds. The van der Waals surface area contributed by atoms with Gasteiger partial charge >= 0.3 is 5.97 Å². The summed E-state index contributed by atoms with van der Waals surface area (Å²) in [4.78, 5) is 19.7. The standard InChI is InChI=1S/C15H17N3O3/c19-15(20)7-4-10-21-17-14(11-18-9-8-16-12-18)13-5-2-1-3-6-13/h1-3,5-6,8-9,12H,4,7,10-11H2,(H,19,20)/b17-14-. The van der Waals surface area contributed by atoms with Gasteiger partial charge in [-0.05, 0) is 6.42 Å². The zero-order valence-corrected chi connectivity index (χ0v) is 11.6. The van der Waals surface area contributed by atoms with E-state index in [0.717, 1.165) is 11.3 Å². The molecule has 0 spiro atoms. The summed E-state index contributed by atoms with van der Waals surface area (Å²) in [7, 11) is 0. The van der Waals surface area contributed by atoms with Crippen molar-refractivity contribution in [2.24, 2.45) is 5.16 Å². The normalized spacial score (nSPS) is 11.3. The highest BCUT2D eigenvalue weighted by Crippen LogP contribution is 2.05.